The number of aliphatic hydroxyl groups is 1. The fourth-order valence-electron chi connectivity index (χ4n) is 2.07. The largest absolute Gasteiger partial charge is 0.490 e. The molecule has 0 bridgehead atoms. The van der Waals surface area contributed by atoms with Gasteiger partial charge in [0.2, 0.25) is 0 Å². The molecule has 7 nitrogen and oxygen atoms in total. The third-order valence-electron chi connectivity index (χ3n) is 3.63. The summed E-state index contributed by atoms with van der Waals surface area (Å²) in [5.74, 6) is -1.56. The fraction of sp³-hybridized carbons (Fsp3) is 0.158. The van der Waals surface area contributed by atoms with Crippen molar-refractivity contribution in [2.45, 2.75) is 12.5 Å². The number of amides is 1. The van der Waals surface area contributed by atoms with Crippen LogP contribution in [-0.4, -0.2) is 29.5 Å². The number of nitrogens with one attached hydrogen (secondary N) is 1. The monoisotopic (exact) mass is 367 g/mol. The van der Waals surface area contributed by atoms with E-state index in [0.29, 0.717) is 6.29 Å². The van der Waals surface area contributed by atoms with Gasteiger partial charge in [0, 0.05) is 17.3 Å². The van der Waals surface area contributed by atoms with Crippen LogP contribution in [0.5, 0.6) is 5.75 Å². The molecule has 0 aliphatic rings. The van der Waals surface area contributed by atoms with Crippen molar-refractivity contribution in [3.05, 3.63) is 58.9 Å². The molecule has 1 amide bonds. The average molecular weight is 367 g/mol. The Labute approximate surface area is 154 Å². The van der Waals surface area contributed by atoms with Crippen LogP contribution in [0.15, 0.2) is 36.4 Å². The highest BCUT2D eigenvalue weighted by Crippen LogP contribution is 2.19. The van der Waals surface area contributed by atoms with E-state index >= 15 is 0 Å². The van der Waals surface area contributed by atoms with E-state index in [1.54, 1.807) is 6.07 Å². The number of halogens is 1. The van der Waals surface area contributed by atoms with Crippen molar-refractivity contribution in [1.82, 2.24) is 0 Å². The first-order chi connectivity index (χ1) is 12.8. The predicted octanol–water partition coefficient (Wildman–Crippen LogP) is 2.15. The first-order valence-corrected chi connectivity index (χ1v) is 7.66. The molecule has 2 N–H and O–H groups in total. The van der Waals surface area contributed by atoms with Gasteiger partial charge < -0.3 is 15.2 Å². The molecule has 2 aromatic carbocycles. The van der Waals surface area contributed by atoms with Crippen molar-refractivity contribution in [3.63, 3.8) is 0 Å². The zero-order valence-electron chi connectivity index (χ0n) is 14.2. The quantitative estimate of drug-likeness (QED) is 0.754. The fourth-order valence-corrected chi connectivity index (χ4v) is 2.07. The molecule has 27 heavy (non-hydrogen) atoms. The third-order valence-corrected chi connectivity index (χ3v) is 3.63. The Morgan fingerprint density at radius 2 is 1.93 bits per heavy atom. The number of hydrogen-bond acceptors (Lipinski definition) is 6. The summed E-state index contributed by atoms with van der Waals surface area (Å²) in [6.45, 7) is 0.716. The molecule has 0 saturated carbocycles. The summed E-state index contributed by atoms with van der Waals surface area (Å²) < 4.78 is 18.8. The Bertz CT molecular complexity index is 974. The van der Waals surface area contributed by atoms with Crippen molar-refractivity contribution in [1.29, 1.82) is 10.5 Å². The number of rotatable bonds is 6. The van der Waals surface area contributed by atoms with Crippen LogP contribution in [0.3, 0.4) is 0 Å². The molecule has 0 spiro atoms. The van der Waals surface area contributed by atoms with Crippen LogP contribution in [0.2, 0.25) is 0 Å². The summed E-state index contributed by atoms with van der Waals surface area (Å²) in [7, 11) is 0. The Morgan fingerprint density at radius 1 is 1.26 bits per heavy atom. The standard InChI is InChI=1S/C19H14FN3O4/c1-19(26,11-27-16-5-3-13(9-22)17(20)7-16)18(25)23-15-4-2-12(8-21)14(6-15)10-24/h2-7,10,26H,11H2,1H3,(H,23,25)/t19-/m0/s1. The molecule has 0 unspecified atom stereocenters. The average Bonchev–Trinajstić information content (AvgIpc) is 2.66. The van der Waals surface area contributed by atoms with E-state index in [1.165, 1.54) is 37.3 Å². The molecule has 0 aliphatic carbocycles. The predicted molar refractivity (Wildman–Crippen MR) is 92.4 cm³/mol. The Balaban J connectivity index is 2.07. The molecule has 0 fully saturated rings. The zero-order chi connectivity index (χ0) is 20.0. The number of carbonyl (C=O) groups is 2. The Hall–Kier alpha value is -3.75. The second kappa shape index (κ2) is 8.09. The molecule has 0 radical (unpaired) electrons. The number of ether oxygens (including phenoxy) is 1. The summed E-state index contributed by atoms with van der Waals surface area (Å²) >= 11 is 0. The number of nitrogens with zero attached hydrogens (tertiary/aromatic N) is 2. The lowest BCUT2D eigenvalue weighted by atomic mass is 10.1. The molecule has 136 valence electrons. The normalized spacial score (nSPS) is 12.2. The molecule has 1 atom stereocenters. The number of aldehydes is 1. The van der Waals surface area contributed by atoms with Crippen molar-refractivity contribution in [2.75, 3.05) is 11.9 Å². The maximum atomic E-state index is 13.6. The minimum atomic E-state index is -1.97. The van der Waals surface area contributed by atoms with Crippen LogP contribution in [-0.2, 0) is 4.79 Å². The third kappa shape index (κ3) is 4.66. The van der Waals surface area contributed by atoms with Gasteiger partial charge in [-0.1, -0.05) is 0 Å². The van der Waals surface area contributed by atoms with E-state index in [9.17, 15) is 19.1 Å². The smallest absolute Gasteiger partial charge is 0.259 e. The van der Waals surface area contributed by atoms with E-state index in [-0.39, 0.29) is 28.1 Å². The van der Waals surface area contributed by atoms with Crippen molar-refractivity contribution in [2.24, 2.45) is 0 Å². The molecular formula is C19H14FN3O4. The van der Waals surface area contributed by atoms with Gasteiger partial charge in [0.1, 0.15) is 24.2 Å². The zero-order valence-corrected chi connectivity index (χ0v) is 14.2. The maximum absolute atomic E-state index is 13.6. The van der Waals surface area contributed by atoms with Gasteiger partial charge in [0.15, 0.2) is 11.9 Å². The Morgan fingerprint density at radius 3 is 2.52 bits per heavy atom. The maximum Gasteiger partial charge on any atom is 0.259 e. The van der Waals surface area contributed by atoms with Crippen LogP contribution >= 0.6 is 0 Å². The van der Waals surface area contributed by atoms with E-state index in [2.05, 4.69) is 5.32 Å². The molecule has 8 heteroatoms. The number of carbonyl (C=O) groups excluding carboxylic acids is 2. The minimum absolute atomic E-state index is 0.0428. The van der Waals surface area contributed by atoms with Gasteiger partial charge in [0.25, 0.3) is 5.91 Å². The lowest BCUT2D eigenvalue weighted by Gasteiger charge is -2.22. The van der Waals surface area contributed by atoms with E-state index in [4.69, 9.17) is 15.3 Å². The van der Waals surface area contributed by atoms with Crippen LogP contribution < -0.4 is 10.1 Å². The SMILES string of the molecule is C[C@](O)(COc1ccc(C#N)c(F)c1)C(=O)Nc1ccc(C#N)c(C=O)c1. The van der Waals surface area contributed by atoms with Crippen LogP contribution in [0.1, 0.15) is 28.4 Å². The van der Waals surface area contributed by atoms with E-state index in [1.807, 2.05) is 6.07 Å². The molecule has 2 rings (SSSR count). The highest BCUT2D eigenvalue weighted by Gasteiger charge is 2.31. The van der Waals surface area contributed by atoms with Gasteiger partial charge in [0.05, 0.1) is 17.2 Å². The highest BCUT2D eigenvalue weighted by atomic mass is 19.1. The second-order valence-electron chi connectivity index (χ2n) is 5.80. The van der Waals surface area contributed by atoms with Crippen molar-refractivity contribution in [3.8, 4) is 17.9 Å². The van der Waals surface area contributed by atoms with Crippen LogP contribution in [0.25, 0.3) is 0 Å². The molecule has 2 aromatic rings. The van der Waals surface area contributed by atoms with Gasteiger partial charge in [-0.15, -0.1) is 0 Å². The van der Waals surface area contributed by atoms with Gasteiger partial charge >= 0.3 is 0 Å². The summed E-state index contributed by atoms with van der Waals surface area (Å²) in [5, 5.41) is 30.3. The number of hydrogen-bond donors (Lipinski definition) is 2. The summed E-state index contributed by atoms with van der Waals surface area (Å²) in [6.07, 6.45) is 0.481. The molecule has 0 aromatic heterocycles. The van der Waals surface area contributed by atoms with Gasteiger partial charge in [-0.2, -0.15) is 10.5 Å². The minimum Gasteiger partial charge on any atom is -0.490 e. The molecule has 0 saturated heterocycles. The van der Waals surface area contributed by atoms with Crippen molar-refractivity contribution >= 4 is 17.9 Å². The number of anilines is 1. The highest BCUT2D eigenvalue weighted by molar-refractivity contribution is 5.97. The molecular weight excluding hydrogens is 353 g/mol. The van der Waals surface area contributed by atoms with Crippen LogP contribution in [0, 0.1) is 28.5 Å². The summed E-state index contributed by atoms with van der Waals surface area (Å²) in [6, 6.07) is 11.1. The second-order valence-corrected chi connectivity index (χ2v) is 5.80. The molecule has 0 heterocycles. The van der Waals surface area contributed by atoms with E-state index < -0.39 is 23.9 Å². The lowest BCUT2D eigenvalue weighted by molar-refractivity contribution is -0.135. The Kier molecular flexibility index (Phi) is 5.86. The topological polar surface area (TPSA) is 123 Å². The van der Waals surface area contributed by atoms with Gasteiger partial charge in [-0.05, 0) is 37.3 Å². The number of nitriles is 2. The molecule has 0 aliphatic heterocycles. The first-order valence-electron chi connectivity index (χ1n) is 7.66. The van der Waals surface area contributed by atoms with Gasteiger partial charge in [-0.25, -0.2) is 4.39 Å². The number of benzene rings is 2. The van der Waals surface area contributed by atoms with Gasteiger partial charge in [-0.3, -0.25) is 9.59 Å². The van der Waals surface area contributed by atoms with Crippen molar-refractivity contribution < 1.29 is 23.8 Å². The van der Waals surface area contributed by atoms with Crippen LogP contribution in [0.4, 0.5) is 10.1 Å². The first kappa shape index (κ1) is 19.6. The summed E-state index contributed by atoms with van der Waals surface area (Å²) in [5.41, 5.74) is -1.66. The lowest BCUT2D eigenvalue weighted by Crippen LogP contribution is -2.45. The van der Waals surface area contributed by atoms with E-state index in [0.717, 1.165) is 6.07 Å². The summed E-state index contributed by atoms with van der Waals surface area (Å²) in [4.78, 5) is 23.2.